The first kappa shape index (κ1) is 13.9. The van der Waals surface area contributed by atoms with E-state index in [9.17, 15) is 0 Å². The summed E-state index contributed by atoms with van der Waals surface area (Å²) in [6.07, 6.45) is 3.79. The highest BCUT2D eigenvalue weighted by Gasteiger charge is 2.12. The van der Waals surface area contributed by atoms with E-state index in [-0.39, 0.29) is 0 Å². The molecule has 5 heteroatoms. The maximum absolute atomic E-state index is 4.61. The number of aromatic nitrogens is 3. The first-order valence-corrected chi connectivity index (χ1v) is 7.12. The van der Waals surface area contributed by atoms with Crippen LogP contribution in [0.5, 0.6) is 0 Å². The molecular formula is C14H17BrN4. The molecule has 19 heavy (non-hydrogen) atoms. The molecule has 0 aliphatic carbocycles. The van der Waals surface area contributed by atoms with E-state index >= 15 is 0 Å². The van der Waals surface area contributed by atoms with Crippen LogP contribution in [0.4, 0.5) is 5.82 Å². The molecule has 0 saturated heterocycles. The zero-order chi connectivity index (χ0) is 13.8. The second-order valence-corrected chi connectivity index (χ2v) is 5.17. The van der Waals surface area contributed by atoms with Gasteiger partial charge in [-0.05, 0) is 40.9 Å². The van der Waals surface area contributed by atoms with Crippen LogP contribution in [0.25, 0.3) is 11.5 Å². The summed E-state index contributed by atoms with van der Waals surface area (Å²) in [4.78, 5) is 13.5. The van der Waals surface area contributed by atoms with E-state index in [0.29, 0.717) is 5.82 Å². The molecule has 0 spiro atoms. The Bertz CT molecular complexity index is 566. The highest BCUT2D eigenvalue weighted by molar-refractivity contribution is 9.10. The molecular weight excluding hydrogens is 304 g/mol. The number of aryl methyl sites for hydroxylation is 2. The molecule has 0 aliphatic heterocycles. The van der Waals surface area contributed by atoms with Crippen molar-refractivity contribution >= 4 is 21.7 Å². The number of halogens is 1. The smallest absolute Gasteiger partial charge is 0.180 e. The van der Waals surface area contributed by atoms with Crippen LogP contribution in [-0.4, -0.2) is 22.0 Å². The lowest BCUT2D eigenvalue weighted by atomic mass is 10.2. The molecule has 0 aliphatic rings. The van der Waals surface area contributed by atoms with Crippen LogP contribution in [0.15, 0.2) is 22.8 Å². The van der Waals surface area contributed by atoms with Gasteiger partial charge in [0.2, 0.25) is 0 Å². The zero-order valence-electron chi connectivity index (χ0n) is 11.4. The molecule has 0 bridgehead atoms. The third kappa shape index (κ3) is 3.10. The van der Waals surface area contributed by atoms with Gasteiger partial charge in [0.1, 0.15) is 11.5 Å². The van der Waals surface area contributed by atoms with Crippen LogP contribution in [-0.2, 0) is 6.42 Å². The number of rotatable bonds is 4. The van der Waals surface area contributed by atoms with Crippen LogP contribution < -0.4 is 5.32 Å². The summed E-state index contributed by atoms with van der Waals surface area (Å²) in [7, 11) is 1.86. The number of nitrogens with one attached hydrogen (secondary N) is 1. The molecule has 0 aromatic carbocycles. The Kier molecular flexibility index (Phi) is 4.47. The predicted molar refractivity (Wildman–Crippen MR) is 81.2 cm³/mol. The van der Waals surface area contributed by atoms with Crippen LogP contribution >= 0.6 is 15.9 Å². The van der Waals surface area contributed by atoms with Crippen molar-refractivity contribution in [2.45, 2.75) is 26.7 Å². The Morgan fingerprint density at radius 3 is 2.63 bits per heavy atom. The van der Waals surface area contributed by atoms with Gasteiger partial charge in [0.25, 0.3) is 0 Å². The Labute approximate surface area is 121 Å². The van der Waals surface area contributed by atoms with Crippen molar-refractivity contribution in [1.82, 2.24) is 15.0 Å². The van der Waals surface area contributed by atoms with Crippen molar-refractivity contribution in [2.24, 2.45) is 0 Å². The van der Waals surface area contributed by atoms with Gasteiger partial charge in [-0.15, -0.1) is 0 Å². The second kappa shape index (κ2) is 6.10. The van der Waals surface area contributed by atoms with Crippen LogP contribution in [0.2, 0.25) is 0 Å². The summed E-state index contributed by atoms with van der Waals surface area (Å²) in [5.74, 6) is 1.46. The van der Waals surface area contributed by atoms with Gasteiger partial charge in [0.05, 0.1) is 10.2 Å². The Morgan fingerprint density at radius 1 is 1.26 bits per heavy atom. The lowest BCUT2D eigenvalue weighted by molar-refractivity contribution is 0.867. The summed E-state index contributed by atoms with van der Waals surface area (Å²) in [6.45, 7) is 4.15. The van der Waals surface area contributed by atoms with Crippen molar-refractivity contribution in [2.75, 3.05) is 12.4 Å². The molecule has 0 amide bonds. The van der Waals surface area contributed by atoms with E-state index in [0.717, 1.165) is 40.1 Å². The lowest BCUT2D eigenvalue weighted by Gasteiger charge is -2.10. The van der Waals surface area contributed by atoms with Gasteiger partial charge in [0, 0.05) is 13.2 Å². The topological polar surface area (TPSA) is 50.7 Å². The number of hydrogen-bond acceptors (Lipinski definition) is 4. The van der Waals surface area contributed by atoms with Crippen molar-refractivity contribution in [3.05, 3.63) is 34.1 Å². The largest absolute Gasteiger partial charge is 0.372 e. The number of hydrogen-bond donors (Lipinski definition) is 1. The van der Waals surface area contributed by atoms with E-state index in [4.69, 9.17) is 0 Å². The Balaban J connectivity index is 2.51. The van der Waals surface area contributed by atoms with Gasteiger partial charge < -0.3 is 5.32 Å². The van der Waals surface area contributed by atoms with Gasteiger partial charge in [-0.3, -0.25) is 4.98 Å². The molecule has 2 aromatic heterocycles. The molecule has 0 atom stereocenters. The van der Waals surface area contributed by atoms with Crippen LogP contribution in [0.3, 0.4) is 0 Å². The van der Waals surface area contributed by atoms with E-state index in [2.05, 4.69) is 43.1 Å². The molecule has 0 radical (unpaired) electrons. The quantitative estimate of drug-likeness (QED) is 0.935. The molecule has 0 unspecified atom stereocenters. The predicted octanol–water partition coefficient (Wildman–Crippen LogP) is 3.60. The monoisotopic (exact) mass is 320 g/mol. The number of nitrogens with zero attached hydrogens (tertiary/aromatic N) is 3. The Morgan fingerprint density at radius 2 is 2.05 bits per heavy atom. The van der Waals surface area contributed by atoms with E-state index < -0.39 is 0 Å². The lowest BCUT2D eigenvalue weighted by Crippen LogP contribution is -2.04. The third-order valence-corrected chi connectivity index (χ3v) is 3.62. The highest BCUT2D eigenvalue weighted by atomic mass is 79.9. The molecule has 100 valence electrons. The first-order valence-electron chi connectivity index (χ1n) is 6.33. The molecule has 0 saturated carbocycles. The van der Waals surface area contributed by atoms with Crippen LogP contribution in [0, 0.1) is 6.92 Å². The number of anilines is 1. The fourth-order valence-corrected chi connectivity index (χ4v) is 2.35. The van der Waals surface area contributed by atoms with E-state index in [1.54, 1.807) is 0 Å². The van der Waals surface area contributed by atoms with Crippen molar-refractivity contribution in [3.8, 4) is 11.5 Å². The van der Waals surface area contributed by atoms with E-state index in [1.807, 2.05) is 32.3 Å². The minimum atomic E-state index is 0.663. The van der Waals surface area contributed by atoms with Gasteiger partial charge in [-0.25, -0.2) is 9.97 Å². The highest BCUT2D eigenvalue weighted by Crippen LogP contribution is 2.27. The zero-order valence-corrected chi connectivity index (χ0v) is 13.0. The van der Waals surface area contributed by atoms with Crippen LogP contribution in [0.1, 0.15) is 24.6 Å². The van der Waals surface area contributed by atoms with Crippen molar-refractivity contribution < 1.29 is 0 Å². The SMILES string of the molecule is CCCc1nc(-c2ccc(C)cn2)nc(NC)c1Br. The standard InChI is InChI=1S/C14H17BrN4/c1-4-5-10-12(15)14(16-3)19-13(18-10)11-7-6-9(2)8-17-11/h6-8H,4-5H2,1-3H3,(H,16,18,19). The van der Waals surface area contributed by atoms with Gasteiger partial charge in [0.15, 0.2) is 5.82 Å². The summed E-state index contributed by atoms with van der Waals surface area (Å²) in [6, 6.07) is 3.97. The maximum Gasteiger partial charge on any atom is 0.180 e. The fraction of sp³-hybridized carbons (Fsp3) is 0.357. The maximum atomic E-state index is 4.61. The minimum absolute atomic E-state index is 0.663. The average molecular weight is 321 g/mol. The molecule has 1 N–H and O–H groups in total. The van der Waals surface area contributed by atoms with E-state index in [1.165, 1.54) is 0 Å². The second-order valence-electron chi connectivity index (χ2n) is 4.38. The molecule has 2 heterocycles. The molecule has 2 rings (SSSR count). The normalized spacial score (nSPS) is 10.5. The summed E-state index contributed by atoms with van der Waals surface area (Å²) in [5, 5.41) is 3.09. The summed E-state index contributed by atoms with van der Waals surface area (Å²) >= 11 is 3.55. The van der Waals surface area contributed by atoms with Gasteiger partial charge in [-0.1, -0.05) is 19.4 Å². The molecule has 0 fully saturated rings. The molecule has 2 aromatic rings. The Hall–Kier alpha value is -1.49. The number of pyridine rings is 1. The first-order chi connectivity index (χ1) is 9.15. The van der Waals surface area contributed by atoms with Crippen molar-refractivity contribution in [3.63, 3.8) is 0 Å². The van der Waals surface area contributed by atoms with Gasteiger partial charge >= 0.3 is 0 Å². The third-order valence-electron chi connectivity index (χ3n) is 2.78. The van der Waals surface area contributed by atoms with Gasteiger partial charge in [-0.2, -0.15) is 0 Å². The summed E-state index contributed by atoms with van der Waals surface area (Å²) in [5.41, 5.74) is 2.94. The molecule has 4 nitrogen and oxygen atoms in total. The minimum Gasteiger partial charge on any atom is -0.372 e. The fourth-order valence-electron chi connectivity index (χ4n) is 1.78. The summed E-state index contributed by atoms with van der Waals surface area (Å²) < 4.78 is 0.938. The average Bonchev–Trinajstić information content (AvgIpc) is 2.42. The van der Waals surface area contributed by atoms with Crippen molar-refractivity contribution in [1.29, 1.82) is 0 Å².